The molecule has 2 aromatic carbocycles. The molecule has 0 saturated carbocycles. The first kappa shape index (κ1) is 14.2. The third kappa shape index (κ3) is 3.46. The summed E-state index contributed by atoms with van der Waals surface area (Å²) in [6, 6.07) is 13.4. The standard InChI is InChI=1S/C16H13F2N3O/c17-13-7-6-12(9-14(13)18)19-10-16-21-20-15(22-16)8-11-4-2-1-3-5-11/h1-7,9,19H,8,10H2. The SMILES string of the molecule is Fc1ccc(NCc2nnc(Cc3ccccc3)o2)cc1F. The minimum absolute atomic E-state index is 0.243. The second-order valence-corrected chi connectivity index (χ2v) is 4.73. The van der Waals surface area contributed by atoms with Crippen LogP contribution in [-0.4, -0.2) is 10.2 Å². The molecule has 0 aliphatic carbocycles. The lowest BCUT2D eigenvalue weighted by atomic mass is 10.2. The highest BCUT2D eigenvalue weighted by Crippen LogP contribution is 2.14. The third-order valence-corrected chi connectivity index (χ3v) is 3.07. The number of hydrogen-bond acceptors (Lipinski definition) is 4. The van der Waals surface area contributed by atoms with E-state index in [0.29, 0.717) is 23.9 Å². The van der Waals surface area contributed by atoms with Crippen LogP contribution in [0.3, 0.4) is 0 Å². The van der Waals surface area contributed by atoms with E-state index >= 15 is 0 Å². The highest BCUT2D eigenvalue weighted by molar-refractivity contribution is 5.43. The lowest BCUT2D eigenvalue weighted by Gasteiger charge is -2.03. The van der Waals surface area contributed by atoms with Gasteiger partial charge in [0.2, 0.25) is 11.8 Å². The maximum absolute atomic E-state index is 13.1. The summed E-state index contributed by atoms with van der Waals surface area (Å²) in [7, 11) is 0. The Kier molecular flexibility index (Phi) is 4.09. The maximum atomic E-state index is 13.1. The van der Waals surface area contributed by atoms with Crippen LogP contribution in [0.25, 0.3) is 0 Å². The Morgan fingerprint density at radius 2 is 1.68 bits per heavy atom. The van der Waals surface area contributed by atoms with Crippen molar-refractivity contribution in [2.24, 2.45) is 0 Å². The van der Waals surface area contributed by atoms with Crippen LogP contribution in [0.1, 0.15) is 17.3 Å². The van der Waals surface area contributed by atoms with E-state index in [9.17, 15) is 8.78 Å². The molecule has 3 aromatic rings. The molecule has 0 aliphatic rings. The van der Waals surface area contributed by atoms with E-state index < -0.39 is 11.6 Å². The summed E-state index contributed by atoms with van der Waals surface area (Å²) in [5, 5.41) is 10.8. The molecule has 1 heterocycles. The molecule has 6 heteroatoms. The van der Waals surface area contributed by atoms with Crippen molar-refractivity contribution in [1.82, 2.24) is 10.2 Å². The van der Waals surface area contributed by atoms with Crippen molar-refractivity contribution >= 4 is 5.69 Å². The fourth-order valence-electron chi connectivity index (χ4n) is 1.99. The summed E-state index contributed by atoms with van der Waals surface area (Å²) in [5.74, 6) is -0.891. The van der Waals surface area contributed by atoms with Gasteiger partial charge in [0.25, 0.3) is 0 Å². The van der Waals surface area contributed by atoms with E-state index in [2.05, 4.69) is 15.5 Å². The third-order valence-electron chi connectivity index (χ3n) is 3.07. The monoisotopic (exact) mass is 301 g/mol. The van der Waals surface area contributed by atoms with Crippen LogP contribution < -0.4 is 5.32 Å². The van der Waals surface area contributed by atoms with Crippen LogP contribution in [0.4, 0.5) is 14.5 Å². The minimum Gasteiger partial charge on any atom is -0.423 e. The van der Waals surface area contributed by atoms with Gasteiger partial charge in [-0.15, -0.1) is 10.2 Å². The molecule has 0 atom stereocenters. The molecule has 4 nitrogen and oxygen atoms in total. The Balaban J connectivity index is 1.61. The molecule has 0 radical (unpaired) electrons. The zero-order chi connectivity index (χ0) is 15.4. The van der Waals surface area contributed by atoms with Gasteiger partial charge in [0.1, 0.15) is 0 Å². The molecule has 1 aromatic heterocycles. The number of aromatic nitrogens is 2. The van der Waals surface area contributed by atoms with Crippen molar-refractivity contribution in [3.8, 4) is 0 Å². The van der Waals surface area contributed by atoms with Gasteiger partial charge in [-0.2, -0.15) is 0 Å². The van der Waals surface area contributed by atoms with Crippen LogP contribution in [0, 0.1) is 11.6 Å². The highest BCUT2D eigenvalue weighted by atomic mass is 19.2. The molecule has 0 bridgehead atoms. The van der Waals surface area contributed by atoms with Crippen molar-refractivity contribution in [2.75, 3.05) is 5.32 Å². The van der Waals surface area contributed by atoms with E-state index in [4.69, 9.17) is 4.42 Å². The first-order valence-corrected chi connectivity index (χ1v) is 6.75. The van der Waals surface area contributed by atoms with Gasteiger partial charge in [0, 0.05) is 11.8 Å². The molecule has 112 valence electrons. The summed E-state index contributed by atoms with van der Waals surface area (Å²) in [5.41, 5.74) is 1.52. The van der Waals surface area contributed by atoms with Gasteiger partial charge in [-0.25, -0.2) is 8.78 Å². The van der Waals surface area contributed by atoms with Gasteiger partial charge in [-0.05, 0) is 17.7 Å². The van der Waals surface area contributed by atoms with Gasteiger partial charge in [0.15, 0.2) is 11.6 Å². The highest BCUT2D eigenvalue weighted by Gasteiger charge is 2.08. The molecule has 0 unspecified atom stereocenters. The molecular weight excluding hydrogens is 288 g/mol. The summed E-state index contributed by atoms with van der Waals surface area (Å²) in [4.78, 5) is 0. The summed E-state index contributed by atoms with van der Waals surface area (Å²) >= 11 is 0. The summed E-state index contributed by atoms with van der Waals surface area (Å²) in [6.45, 7) is 0.243. The zero-order valence-electron chi connectivity index (χ0n) is 11.6. The van der Waals surface area contributed by atoms with Crippen molar-refractivity contribution in [3.05, 3.63) is 77.5 Å². The van der Waals surface area contributed by atoms with Gasteiger partial charge >= 0.3 is 0 Å². The number of hydrogen-bond donors (Lipinski definition) is 1. The predicted molar refractivity (Wildman–Crippen MR) is 77.2 cm³/mol. The number of rotatable bonds is 5. The summed E-state index contributed by atoms with van der Waals surface area (Å²) < 4.78 is 31.4. The van der Waals surface area contributed by atoms with Crippen LogP contribution in [0.15, 0.2) is 52.9 Å². The molecule has 3 rings (SSSR count). The smallest absolute Gasteiger partial charge is 0.235 e. The molecule has 0 saturated heterocycles. The Morgan fingerprint density at radius 1 is 0.909 bits per heavy atom. The second kappa shape index (κ2) is 6.34. The Morgan fingerprint density at radius 3 is 2.45 bits per heavy atom. The lowest BCUT2D eigenvalue weighted by Crippen LogP contribution is -2.00. The summed E-state index contributed by atoms with van der Waals surface area (Å²) in [6.07, 6.45) is 0.555. The van der Waals surface area contributed by atoms with E-state index in [1.807, 2.05) is 30.3 Å². The van der Waals surface area contributed by atoms with Crippen LogP contribution in [0.2, 0.25) is 0 Å². The van der Waals surface area contributed by atoms with E-state index in [-0.39, 0.29) is 6.54 Å². The van der Waals surface area contributed by atoms with Gasteiger partial charge in [-0.3, -0.25) is 0 Å². The average molecular weight is 301 g/mol. The number of halogens is 2. The Hall–Kier alpha value is -2.76. The van der Waals surface area contributed by atoms with Gasteiger partial charge < -0.3 is 9.73 Å². The first-order valence-electron chi connectivity index (χ1n) is 6.75. The first-order chi connectivity index (χ1) is 10.7. The second-order valence-electron chi connectivity index (χ2n) is 4.73. The van der Waals surface area contributed by atoms with Crippen molar-refractivity contribution in [2.45, 2.75) is 13.0 Å². The molecule has 0 amide bonds. The molecule has 0 fully saturated rings. The van der Waals surface area contributed by atoms with E-state index in [1.54, 1.807) is 0 Å². The molecule has 0 aliphatic heterocycles. The molecule has 0 spiro atoms. The van der Waals surface area contributed by atoms with Gasteiger partial charge in [-0.1, -0.05) is 30.3 Å². The normalized spacial score (nSPS) is 10.6. The van der Waals surface area contributed by atoms with Crippen molar-refractivity contribution in [1.29, 1.82) is 0 Å². The fraction of sp³-hybridized carbons (Fsp3) is 0.125. The van der Waals surface area contributed by atoms with Crippen LogP contribution >= 0.6 is 0 Å². The number of anilines is 1. The van der Waals surface area contributed by atoms with Crippen LogP contribution in [-0.2, 0) is 13.0 Å². The van der Waals surface area contributed by atoms with E-state index in [0.717, 1.165) is 17.7 Å². The quantitative estimate of drug-likeness (QED) is 0.783. The van der Waals surface area contributed by atoms with Gasteiger partial charge in [0.05, 0.1) is 13.0 Å². The van der Waals surface area contributed by atoms with Crippen molar-refractivity contribution < 1.29 is 13.2 Å². The maximum Gasteiger partial charge on any atom is 0.235 e. The number of benzene rings is 2. The molecular formula is C16H13F2N3O. The molecule has 22 heavy (non-hydrogen) atoms. The topological polar surface area (TPSA) is 51.0 Å². The number of nitrogens with one attached hydrogen (secondary N) is 1. The zero-order valence-corrected chi connectivity index (χ0v) is 11.6. The molecule has 1 N–H and O–H groups in total. The Labute approximate surface area is 125 Å². The lowest BCUT2D eigenvalue weighted by molar-refractivity contribution is 0.464. The number of nitrogens with zero attached hydrogens (tertiary/aromatic N) is 2. The minimum atomic E-state index is -0.903. The van der Waals surface area contributed by atoms with Crippen LogP contribution in [0.5, 0.6) is 0 Å². The Bertz CT molecular complexity index is 759. The fourth-order valence-corrected chi connectivity index (χ4v) is 1.99. The largest absolute Gasteiger partial charge is 0.423 e. The van der Waals surface area contributed by atoms with E-state index in [1.165, 1.54) is 6.07 Å². The van der Waals surface area contributed by atoms with Crippen molar-refractivity contribution in [3.63, 3.8) is 0 Å². The predicted octanol–water partition coefficient (Wildman–Crippen LogP) is 3.55. The average Bonchev–Trinajstić information content (AvgIpc) is 2.97.